The van der Waals surface area contributed by atoms with Gasteiger partial charge in [-0.1, -0.05) is 18.6 Å². The summed E-state index contributed by atoms with van der Waals surface area (Å²) in [5, 5.41) is 7.97. The number of rotatable bonds is 7. The molecule has 0 unspecified atom stereocenters. The fraction of sp³-hybridized carbons (Fsp3) is 0.318. The Labute approximate surface area is 159 Å². The second kappa shape index (κ2) is 7.74. The van der Waals surface area contributed by atoms with Crippen LogP contribution >= 0.6 is 0 Å². The van der Waals surface area contributed by atoms with Gasteiger partial charge < -0.3 is 14.8 Å². The van der Waals surface area contributed by atoms with Crippen LogP contribution in [0.2, 0.25) is 0 Å². The Bertz CT molecular complexity index is 915. The number of hydrogen-bond acceptors (Lipinski definition) is 4. The summed E-state index contributed by atoms with van der Waals surface area (Å²) < 4.78 is 12.8. The molecule has 0 atom stereocenters. The van der Waals surface area contributed by atoms with Crippen LogP contribution in [0.5, 0.6) is 11.5 Å². The van der Waals surface area contributed by atoms with Gasteiger partial charge in [0.05, 0.1) is 27.0 Å². The van der Waals surface area contributed by atoms with Crippen molar-refractivity contribution in [3.8, 4) is 11.5 Å². The predicted octanol–water partition coefficient (Wildman–Crippen LogP) is 4.96. The summed E-state index contributed by atoms with van der Waals surface area (Å²) in [6.07, 6.45) is 5.66. The third-order valence-electron chi connectivity index (χ3n) is 5.28. The van der Waals surface area contributed by atoms with Crippen molar-refractivity contribution in [2.24, 2.45) is 0 Å². The Kier molecular flexibility index (Phi) is 5.01. The summed E-state index contributed by atoms with van der Waals surface area (Å²) in [5.74, 6) is 3.35. The summed E-state index contributed by atoms with van der Waals surface area (Å²) in [6, 6.07) is 16.3. The van der Waals surface area contributed by atoms with E-state index in [1.165, 1.54) is 30.4 Å². The molecule has 0 spiro atoms. The van der Waals surface area contributed by atoms with Crippen LogP contribution in [0, 0.1) is 0 Å². The van der Waals surface area contributed by atoms with E-state index in [-0.39, 0.29) is 0 Å². The first-order chi connectivity index (χ1) is 13.3. The number of nitrogens with one attached hydrogen (secondary N) is 1. The minimum atomic E-state index is 0.639. The Hall–Kier alpha value is -2.95. The minimum absolute atomic E-state index is 0.639. The average Bonchev–Trinajstić information content (AvgIpc) is 3.08. The maximum absolute atomic E-state index is 5.44. The van der Waals surface area contributed by atoms with Gasteiger partial charge in [0.15, 0.2) is 0 Å². The third-order valence-corrected chi connectivity index (χ3v) is 5.28. The topological polar surface area (TPSA) is 48.3 Å². The highest BCUT2D eigenvalue weighted by molar-refractivity contribution is 5.58. The lowest BCUT2D eigenvalue weighted by atomic mass is 9.78. The van der Waals surface area contributed by atoms with Gasteiger partial charge in [0.25, 0.3) is 0 Å². The van der Waals surface area contributed by atoms with Crippen LogP contribution < -0.4 is 14.8 Å². The smallest absolute Gasteiger partial charge is 0.129 e. The molecule has 0 radical (unpaired) electrons. The SMILES string of the molecule is COc1cccc(Nc2ccnn2Cc2ccc(OC)cc2C2CCC2)c1. The first-order valence-corrected chi connectivity index (χ1v) is 9.36. The zero-order valence-electron chi connectivity index (χ0n) is 15.8. The first-order valence-electron chi connectivity index (χ1n) is 9.36. The number of ether oxygens (including phenoxy) is 2. The number of hydrogen-bond donors (Lipinski definition) is 1. The molecule has 1 N–H and O–H groups in total. The molecule has 140 valence electrons. The molecule has 5 nitrogen and oxygen atoms in total. The van der Waals surface area contributed by atoms with Crippen molar-refractivity contribution in [3.63, 3.8) is 0 Å². The number of nitrogens with zero attached hydrogens (tertiary/aromatic N) is 2. The Morgan fingerprint density at radius 3 is 2.59 bits per heavy atom. The molecule has 0 saturated heterocycles. The first kappa shape index (κ1) is 17.5. The molecule has 1 aliphatic carbocycles. The maximum atomic E-state index is 5.44. The zero-order chi connectivity index (χ0) is 18.6. The van der Waals surface area contributed by atoms with Gasteiger partial charge in [-0.05, 0) is 54.2 Å². The highest BCUT2D eigenvalue weighted by Crippen LogP contribution is 2.39. The van der Waals surface area contributed by atoms with E-state index in [1.54, 1.807) is 14.2 Å². The molecule has 0 aliphatic heterocycles. The highest BCUT2D eigenvalue weighted by Gasteiger charge is 2.23. The lowest BCUT2D eigenvalue weighted by Gasteiger charge is -2.28. The van der Waals surface area contributed by atoms with E-state index in [0.29, 0.717) is 5.92 Å². The lowest BCUT2D eigenvalue weighted by Crippen LogP contribution is -2.14. The summed E-state index contributed by atoms with van der Waals surface area (Å²) in [5.41, 5.74) is 3.67. The highest BCUT2D eigenvalue weighted by atomic mass is 16.5. The third kappa shape index (κ3) is 3.77. The molecule has 27 heavy (non-hydrogen) atoms. The van der Waals surface area contributed by atoms with Crippen LogP contribution in [0.1, 0.15) is 36.3 Å². The largest absolute Gasteiger partial charge is 0.497 e. The molecule has 1 aliphatic rings. The summed E-state index contributed by atoms with van der Waals surface area (Å²) in [6.45, 7) is 0.731. The fourth-order valence-corrected chi connectivity index (χ4v) is 3.52. The number of methoxy groups -OCH3 is 2. The fourth-order valence-electron chi connectivity index (χ4n) is 3.52. The molecular formula is C22H25N3O2. The van der Waals surface area contributed by atoms with Gasteiger partial charge in [-0.2, -0.15) is 5.10 Å². The Balaban J connectivity index is 1.58. The van der Waals surface area contributed by atoms with Gasteiger partial charge in [0.2, 0.25) is 0 Å². The van der Waals surface area contributed by atoms with Gasteiger partial charge in [-0.25, -0.2) is 4.68 Å². The average molecular weight is 363 g/mol. The summed E-state index contributed by atoms with van der Waals surface area (Å²) in [7, 11) is 3.40. The van der Waals surface area contributed by atoms with Gasteiger partial charge in [0.1, 0.15) is 17.3 Å². The van der Waals surface area contributed by atoms with Gasteiger partial charge in [-0.3, -0.25) is 0 Å². The lowest BCUT2D eigenvalue weighted by molar-refractivity contribution is 0.400. The van der Waals surface area contributed by atoms with Crippen LogP contribution in [-0.2, 0) is 6.54 Å². The molecule has 1 fully saturated rings. The van der Waals surface area contributed by atoms with Crippen molar-refractivity contribution in [2.45, 2.75) is 31.7 Å². The Morgan fingerprint density at radius 1 is 1.04 bits per heavy atom. The Morgan fingerprint density at radius 2 is 1.85 bits per heavy atom. The molecule has 0 amide bonds. The molecular weight excluding hydrogens is 338 g/mol. The number of benzene rings is 2. The standard InChI is InChI=1S/C22H25N3O2/c1-26-19-8-4-7-18(13-19)24-22-11-12-23-25(22)15-17-9-10-20(27-2)14-21(17)16-5-3-6-16/h4,7-14,16,24H,3,5-6,15H2,1-2H3. The van der Waals surface area contributed by atoms with E-state index >= 15 is 0 Å². The molecule has 1 heterocycles. The van der Waals surface area contributed by atoms with E-state index in [0.717, 1.165) is 29.5 Å². The number of aromatic nitrogens is 2. The van der Waals surface area contributed by atoms with Crippen LogP contribution in [0.15, 0.2) is 54.7 Å². The molecule has 5 heteroatoms. The van der Waals surface area contributed by atoms with E-state index < -0.39 is 0 Å². The monoisotopic (exact) mass is 363 g/mol. The quantitative estimate of drug-likeness (QED) is 0.644. The van der Waals surface area contributed by atoms with Crippen molar-refractivity contribution >= 4 is 11.5 Å². The zero-order valence-corrected chi connectivity index (χ0v) is 15.8. The molecule has 2 aromatic carbocycles. The van der Waals surface area contributed by atoms with E-state index in [4.69, 9.17) is 9.47 Å². The van der Waals surface area contributed by atoms with Crippen molar-refractivity contribution in [1.29, 1.82) is 0 Å². The van der Waals surface area contributed by atoms with Gasteiger partial charge in [0, 0.05) is 17.8 Å². The minimum Gasteiger partial charge on any atom is -0.497 e. The maximum Gasteiger partial charge on any atom is 0.129 e. The van der Waals surface area contributed by atoms with E-state index in [9.17, 15) is 0 Å². The second-order valence-corrected chi connectivity index (χ2v) is 6.92. The molecule has 3 aromatic rings. The molecule has 0 bridgehead atoms. The normalized spacial score (nSPS) is 13.9. The van der Waals surface area contributed by atoms with Gasteiger partial charge in [-0.15, -0.1) is 0 Å². The van der Waals surface area contributed by atoms with Crippen molar-refractivity contribution in [3.05, 3.63) is 65.9 Å². The van der Waals surface area contributed by atoms with Crippen LogP contribution in [0.3, 0.4) is 0 Å². The van der Waals surface area contributed by atoms with Crippen LogP contribution in [0.4, 0.5) is 11.5 Å². The molecule has 1 aromatic heterocycles. The van der Waals surface area contributed by atoms with E-state index in [1.807, 2.05) is 47.3 Å². The van der Waals surface area contributed by atoms with Crippen LogP contribution in [-0.4, -0.2) is 24.0 Å². The summed E-state index contributed by atoms with van der Waals surface area (Å²) >= 11 is 0. The molecule has 4 rings (SSSR count). The van der Waals surface area contributed by atoms with Crippen molar-refractivity contribution in [1.82, 2.24) is 9.78 Å². The van der Waals surface area contributed by atoms with Crippen LogP contribution in [0.25, 0.3) is 0 Å². The molecule has 1 saturated carbocycles. The van der Waals surface area contributed by atoms with E-state index in [2.05, 4.69) is 22.5 Å². The second-order valence-electron chi connectivity index (χ2n) is 6.92. The summed E-state index contributed by atoms with van der Waals surface area (Å²) in [4.78, 5) is 0. The van der Waals surface area contributed by atoms with Crippen molar-refractivity contribution in [2.75, 3.05) is 19.5 Å². The predicted molar refractivity (Wildman–Crippen MR) is 107 cm³/mol. The number of anilines is 2. The van der Waals surface area contributed by atoms with Crippen molar-refractivity contribution < 1.29 is 9.47 Å². The van der Waals surface area contributed by atoms with Gasteiger partial charge >= 0.3 is 0 Å².